The molecule has 6 nitrogen and oxygen atoms in total. The summed E-state index contributed by atoms with van der Waals surface area (Å²) in [6, 6.07) is 9.13. The zero-order chi connectivity index (χ0) is 18.1. The van der Waals surface area contributed by atoms with Gasteiger partial charge in [0, 0.05) is 5.75 Å². The molecule has 0 amide bonds. The Morgan fingerprint density at radius 2 is 2.35 bits per heavy atom. The molecule has 0 saturated carbocycles. The molecule has 9 heteroatoms. The molecule has 0 aliphatic carbocycles. The highest BCUT2D eigenvalue weighted by Crippen LogP contribution is 2.39. The molecular weight excluding hydrogens is 392 g/mol. The van der Waals surface area contributed by atoms with Crippen molar-refractivity contribution in [3.63, 3.8) is 0 Å². The van der Waals surface area contributed by atoms with Crippen LogP contribution in [0.3, 0.4) is 0 Å². The van der Waals surface area contributed by atoms with Gasteiger partial charge in [-0.15, -0.1) is 23.1 Å². The Morgan fingerprint density at radius 1 is 1.46 bits per heavy atom. The molecule has 2 atom stereocenters. The number of nitrogens with one attached hydrogen (secondary N) is 1. The van der Waals surface area contributed by atoms with Crippen molar-refractivity contribution in [2.45, 2.75) is 27.8 Å². The normalized spacial score (nSPS) is 19.9. The number of hydrogen-bond donors (Lipinski definition) is 2. The molecule has 0 bridgehead atoms. The van der Waals surface area contributed by atoms with Crippen molar-refractivity contribution in [1.29, 1.82) is 0 Å². The Morgan fingerprint density at radius 3 is 3.12 bits per heavy atom. The molecule has 2 N–H and O–H groups in total. The maximum atomic E-state index is 11.0. The van der Waals surface area contributed by atoms with Crippen molar-refractivity contribution < 1.29 is 19.1 Å². The Kier molecular flexibility index (Phi) is 5.12. The first-order chi connectivity index (χ1) is 12.6. The van der Waals surface area contributed by atoms with Gasteiger partial charge in [0.25, 0.3) is 0 Å². The topological polar surface area (TPSA) is 84.6 Å². The van der Waals surface area contributed by atoms with Crippen molar-refractivity contribution in [2.24, 2.45) is 0 Å². The van der Waals surface area contributed by atoms with Gasteiger partial charge in [-0.3, -0.25) is 10.1 Å². The van der Waals surface area contributed by atoms with Crippen LogP contribution in [0.2, 0.25) is 0 Å². The van der Waals surface area contributed by atoms with Crippen molar-refractivity contribution >= 4 is 51.0 Å². The third-order valence-electron chi connectivity index (χ3n) is 3.78. The molecule has 0 radical (unpaired) electrons. The molecule has 1 aliphatic rings. The largest absolute Gasteiger partial charge is 0.494 e. The smallest absolute Gasteiger partial charge is 0.321 e. The van der Waals surface area contributed by atoms with Crippen LogP contribution in [0.15, 0.2) is 44.2 Å². The molecule has 3 heterocycles. The highest BCUT2D eigenvalue weighted by atomic mass is 32.2. The maximum absolute atomic E-state index is 11.0. The van der Waals surface area contributed by atoms with Crippen molar-refractivity contribution in [1.82, 2.24) is 10.3 Å². The summed E-state index contributed by atoms with van der Waals surface area (Å²) < 4.78 is 13.4. The number of benzene rings is 1. The highest BCUT2D eigenvalue weighted by molar-refractivity contribution is 8.01. The standard InChI is InChI=1S/C17H16N2O4S3/c1-2-22-9-3-4-10-13(7-9)25-17(19-10)26-14-6-5-12(23-14)15-18-11(8-24-15)16(20)21/h3-7,11,15,18H,2,8H2,1H3,(H,20,21)/t11-,15+/m1/s1. The Bertz CT molecular complexity index is 939. The number of thiazole rings is 1. The van der Waals surface area contributed by atoms with Crippen LogP contribution in [0, 0.1) is 0 Å². The van der Waals surface area contributed by atoms with Gasteiger partial charge in [0.15, 0.2) is 9.43 Å². The zero-order valence-corrected chi connectivity index (χ0v) is 16.2. The van der Waals surface area contributed by atoms with Crippen LogP contribution in [-0.4, -0.2) is 34.5 Å². The number of ether oxygens (including phenoxy) is 1. The first-order valence-electron chi connectivity index (χ1n) is 8.04. The lowest BCUT2D eigenvalue weighted by Crippen LogP contribution is -2.33. The number of aliphatic carboxylic acids is 1. The highest BCUT2D eigenvalue weighted by Gasteiger charge is 2.32. The van der Waals surface area contributed by atoms with Crippen LogP contribution in [0.5, 0.6) is 5.75 Å². The number of nitrogens with zero attached hydrogens (tertiary/aromatic N) is 1. The lowest BCUT2D eigenvalue weighted by atomic mass is 10.3. The monoisotopic (exact) mass is 408 g/mol. The van der Waals surface area contributed by atoms with Crippen LogP contribution in [0.4, 0.5) is 0 Å². The van der Waals surface area contributed by atoms with E-state index in [1.807, 2.05) is 37.3 Å². The number of rotatable bonds is 6. The summed E-state index contributed by atoms with van der Waals surface area (Å²) in [6.07, 6.45) is 0. The minimum Gasteiger partial charge on any atom is -0.494 e. The van der Waals surface area contributed by atoms with Gasteiger partial charge in [-0.2, -0.15) is 0 Å². The number of hydrogen-bond acceptors (Lipinski definition) is 8. The second-order valence-corrected chi connectivity index (χ2v) is 8.99. The SMILES string of the molecule is CCOc1ccc2nc(Sc3ccc([C@H]4N[C@@H](C(=O)O)CS4)o3)sc2c1. The van der Waals surface area contributed by atoms with Crippen LogP contribution in [0.25, 0.3) is 10.2 Å². The molecule has 26 heavy (non-hydrogen) atoms. The number of carboxylic acids is 1. The van der Waals surface area contributed by atoms with E-state index >= 15 is 0 Å². The second-order valence-electron chi connectivity index (χ2n) is 5.57. The van der Waals surface area contributed by atoms with Crippen LogP contribution in [0.1, 0.15) is 18.1 Å². The van der Waals surface area contributed by atoms with Gasteiger partial charge in [-0.1, -0.05) is 0 Å². The van der Waals surface area contributed by atoms with Gasteiger partial charge in [-0.25, -0.2) is 4.98 Å². The number of furan rings is 1. The number of carbonyl (C=O) groups is 1. The van der Waals surface area contributed by atoms with E-state index in [0.29, 0.717) is 12.4 Å². The number of thioether (sulfide) groups is 1. The molecule has 1 aliphatic heterocycles. The van der Waals surface area contributed by atoms with Gasteiger partial charge in [0.05, 0.1) is 16.8 Å². The lowest BCUT2D eigenvalue weighted by Gasteiger charge is -2.07. The van der Waals surface area contributed by atoms with Crippen LogP contribution >= 0.6 is 34.9 Å². The third-order valence-corrected chi connectivity index (χ3v) is 7.01. The number of carboxylic acid groups (broad SMARTS) is 1. The van der Waals surface area contributed by atoms with Gasteiger partial charge >= 0.3 is 5.97 Å². The van der Waals surface area contributed by atoms with Crippen molar-refractivity contribution in [3.05, 3.63) is 36.1 Å². The molecule has 1 fully saturated rings. The van der Waals surface area contributed by atoms with E-state index in [2.05, 4.69) is 10.3 Å². The second kappa shape index (κ2) is 7.51. The van der Waals surface area contributed by atoms with Gasteiger partial charge in [-0.05, 0) is 49.0 Å². The molecule has 2 aromatic heterocycles. The Balaban J connectivity index is 1.47. The van der Waals surface area contributed by atoms with E-state index in [-0.39, 0.29) is 5.37 Å². The molecule has 1 aromatic carbocycles. The van der Waals surface area contributed by atoms with Crippen molar-refractivity contribution in [3.8, 4) is 5.75 Å². The van der Waals surface area contributed by atoms with E-state index in [0.717, 1.165) is 31.2 Å². The fraction of sp³-hybridized carbons (Fsp3) is 0.294. The predicted octanol–water partition coefficient (Wildman–Crippen LogP) is 4.23. The first kappa shape index (κ1) is 17.7. The summed E-state index contributed by atoms with van der Waals surface area (Å²) in [6.45, 7) is 2.60. The van der Waals surface area contributed by atoms with Crippen LogP contribution in [-0.2, 0) is 4.79 Å². The molecular formula is C17H16N2O4S3. The average Bonchev–Trinajstić information content (AvgIpc) is 3.33. The van der Waals surface area contributed by atoms with Crippen LogP contribution < -0.4 is 10.1 Å². The fourth-order valence-electron chi connectivity index (χ4n) is 2.58. The summed E-state index contributed by atoms with van der Waals surface area (Å²) in [5.41, 5.74) is 0.935. The number of fused-ring (bicyclic) bond motifs is 1. The maximum Gasteiger partial charge on any atom is 0.321 e. The fourth-order valence-corrected chi connectivity index (χ4v) is 5.75. The Labute approximate surface area is 162 Å². The minimum atomic E-state index is -0.831. The van der Waals surface area contributed by atoms with Gasteiger partial charge < -0.3 is 14.3 Å². The quantitative estimate of drug-likeness (QED) is 0.627. The third kappa shape index (κ3) is 3.71. The number of aromatic nitrogens is 1. The van der Waals surface area contributed by atoms with Gasteiger partial charge in [0.1, 0.15) is 22.9 Å². The molecule has 0 spiro atoms. The lowest BCUT2D eigenvalue weighted by molar-refractivity contribution is -0.138. The predicted molar refractivity (Wildman–Crippen MR) is 103 cm³/mol. The molecule has 136 valence electrons. The van der Waals surface area contributed by atoms with E-state index in [9.17, 15) is 4.79 Å². The summed E-state index contributed by atoms with van der Waals surface area (Å²) in [5.74, 6) is 1.28. The average molecular weight is 409 g/mol. The Hall–Kier alpha value is -1.68. The molecule has 3 aromatic rings. The van der Waals surface area contributed by atoms with E-state index in [1.54, 1.807) is 11.3 Å². The molecule has 4 rings (SSSR count). The van der Waals surface area contributed by atoms with Crippen molar-refractivity contribution in [2.75, 3.05) is 12.4 Å². The van der Waals surface area contributed by atoms with E-state index in [1.165, 1.54) is 23.5 Å². The summed E-state index contributed by atoms with van der Waals surface area (Å²) in [5, 5.41) is 12.7. The minimum absolute atomic E-state index is 0.130. The van der Waals surface area contributed by atoms with E-state index in [4.69, 9.17) is 14.3 Å². The zero-order valence-electron chi connectivity index (χ0n) is 13.8. The summed E-state index contributed by atoms with van der Waals surface area (Å²) >= 11 is 4.60. The first-order valence-corrected chi connectivity index (χ1v) is 10.7. The summed E-state index contributed by atoms with van der Waals surface area (Å²) in [4.78, 5) is 15.7. The molecule has 1 saturated heterocycles. The van der Waals surface area contributed by atoms with E-state index < -0.39 is 12.0 Å². The van der Waals surface area contributed by atoms with Gasteiger partial charge in [0.2, 0.25) is 0 Å². The summed E-state index contributed by atoms with van der Waals surface area (Å²) in [7, 11) is 0. The molecule has 0 unspecified atom stereocenters.